The van der Waals surface area contributed by atoms with Gasteiger partial charge < -0.3 is 16.4 Å². The third-order valence-electron chi connectivity index (χ3n) is 4.47. The Bertz CT molecular complexity index is 1150. The van der Waals surface area contributed by atoms with Gasteiger partial charge in [0.15, 0.2) is 11.6 Å². The summed E-state index contributed by atoms with van der Waals surface area (Å²) < 4.78 is 26.6. The molecule has 164 valence electrons. The van der Waals surface area contributed by atoms with Crippen molar-refractivity contribution in [1.29, 1.82) is 0 Å². The molecule has 11 heteroatoms. The van der Waals surface area contributed by atoms with E-state index in [1.165, 1.54) is 10.6 Å². The highest BCUT2D eigenvalue weighted by molar-refractivity contribution is 7.89. The van der Waals surface area contributed by atoms with Crippen LogP contribution in [0.2, 0.25) is 10.0 Å². The highest BCUT2D eigenvalue weighted by Crippen LogP contribution is 2.30. The van der Waals surface area contributed by atoms with Gasteiger partial charge in [-0.2, -0.15) is 4.31 Å². The minimum atomic E-state index is -3.52. The Morgan fingerprint density at radius 2 is 1.42 bits per heavy atom. The zero-order valence-corrected chi connectivity index (χ0v) is 19.3. The van der Waals surface area contributed by atoms with Crippen LogP contribution in [0.15, 0.2) is 53.7 Å². The molecule has 0 aliphatic rings. The van der Waals surface area contributed by atoms with Crippen LogP contribution in [0.1, 0.15) is 13.8 Å². The van der Waals surface area contributed by atoms with Gasteiger partial charge in [-0.25, -0.2) is 18.4 Å². The molecule has 0 spiro atoms. The minimum absolute atomic E-state index is 0.220. The van der Waals surface area contributed by atoms with Gasteiger partial charge >= 0.3 is 0 Å². The van der Waals surface area contributed by atoms with E-state index in [2.05, 4.69) is 20.6 Å². The Balaban J connectivity index is 1.81. The van der Waals surface area contributed by atoms with Crippen molar-refractivity contribution in [2.24, 2.45) is 0 Å². The van der Waals surface area contributed by atoms with Crippen LogP contribution in [0.3, 0.4) is 0 Å². The van der Waals surface area contributed by atoms with E-state index in [0.717, 1.165) is 0 Å². The molecule has 2 aromatic carbocycles. The van der Waals surface area contributed by atoms with Gasteiger partial charge in [0, 0.05) is 34.5 Å². The summed E-state index contributed by atoms with van der Waals surface area (Å²) in [4.78, 5) is 8.55. The van der Waals surface area contributed by atoms with E-state index in [9.17, 15) is 8.42 Å². The summed E-state index contributed by atoms with van der Waals surface area (Å²) in [5, 5.41) is 7.09. The lowest BCUT2D eigenvalue weighted by atomic mass is 10.3. The first-order valence-electron chi connectivity index (χ1n) is 9.45. The third kappa shape index (κ3) is 5.37. The van der Waals surface area contributed by atoms with Gasteiger partial charge in [-0.3, -0.25) is 0 Å². The molecule has 3 aromatic rings. The number of nitrogens with two attached hydrogens (primary N) is 1. The normalized spacial score (nSPS) is 11.5. The fourth-order valence-electron chi connectivity index (χ4n) is 2.92. The lowest BCUT2D eigenvalue weighted by Crippen LogP contribution is -2.30. The molecular weight excluding hydrogens is 459 g/mol. The Kier molecular flexibility index (Phi) is 7.22. The Morgan fingerprint density at radius 1 is 0.903 bits per heavy atom. The molecule has 31 heavy (non-hydrogen) atoms. The number of benzene rings is 2. The minimum Gasteiger partial charge on any atom is -0.393 e. The Hall–Kier alpha value is -2.59. The molecule has 0 saturated heterocycles. The van der Waals surface area contributed by atoms with E-state index in [1.807, 2.05) is 0 Å². The van der Waals surface area contributed by atoms with E-state index in [1.54, 1.807) is 56.3 Å². The second-order valence-electron chi connectivity index (χ2n) is 6.51. The first-order chi connectivity index (χ1) is 14.7. The quantitative estimate of drug-likeness (QED) is 0.420. The third-order valence-corrected chi connectivity index (χ3v) is 6.97. The zero-order valence-electron chi connectivity index (χ0n) is 16.9. The van der Waals surface area contributed by atoms with Gasteiger partial charge in [0.2, 0.25) is 10.0 Å². The molecule has 0 saturated carbocycles. The molecule has 0 aliphatic carbocycles. The SMILES string of the molecule is CCN(CC)S(=O)(=O)c1ccc(Nc2ncnc(Nc3cc(Cl)cc(Cl)c3)c2N)cc1. The molecule has 0 atom stereocenters. The van der Waals surface area contributed by atoms with Gasteiger partial charge in [0.1, 0.15) is 12.0 Å². The largest absolute Gasteiger partial charge is 0.393 e. The lowest BCUT2D eigenvalue weighted by molar-refractivity contribution is 0.445. The standard InChI is InChI=1S/C20H22Cl2N6O2S/c1-3-28(4-2)31(29,30)17-7-5-15(6-8-17)26-19-18(23)20(25-12-24-19)27-16-10-13(21)9-14(22)11-16/h5-12H,3-4,23H2,1-2H3,(H2,24,25,26,27). The number of nitrogens with zero attached hydrogens (tertiary/aromatic N) is 3. The molecule has 4 N–H and O–H groups in total. The second-order valence-corrected chi connectivity index (χ2v) is 9.32. The fourth-order valence-corrected chi connectivity index (χ4v) is 4.90. The molecule has 1 aromatic heterocycles. The number of sulfonamides is 1. The van der Waals surface area contributed by atoms with Crippen LogP contribution < -0.4 is 16.4 Å². The van der Waals surface area contributed by atoms with E-state index in [-0.39, 0.29) is 10.6 Å². The van der Waals surface area contributed by atoms with Crippen molar-refractivity contribution in [2.45, 2.75) is 18.7 Å². The average molecular weight is 481 g/mol. The van der Waals surface area contributed by atoms with Crippen LogP contribution >= 0.6 is 23.2 Å². The molecule has 1 heterocycles. The summed E-state index contributed by atoms with van der Waals surface area (Å²) in [5.74, 6) is 0.738. The number of rotatable bonds is 8. The van der Waals surface area contributed by atoms with Crippen LogP contribution in [-0.4, -0.2) is 35.8 Å². The smallest absolute Gasteiger partial charge is 0.243 e. The number of nitrogen functional groups attached to an aromatic ring is 1. The molecule has 0 unspecified atom stereocenters. The summed E-state index contributed by atoms with van der Waals surface area (Å²) >= 11 is 12.1. The predicted molar refractivity (Wildman–Crippen MR) is 126 cm³/mol. The van der Waals surface area contributed by atoms with Crippen LogP contribution in [0.5, 0.6) is 0 Å². The summed E-state index contributed by atoms with van der Waals surface area (Å²) in [6, 6.07) is 11.4. The molecule has 0 bridgehead atoms. The van der Waals surface area contributed by atoms with Gasteiger partial charge in [-0.15, -0.1) is 0 Å². The highest BCUT2D eigenvalue weighted by Gasteiger charge is 2.21. The van der Waals surface area contributed by atoms with Crippen molar-refractivity contribution < 1.29 is 8.42 Å². The van der Waals surface area contributed by atoms with Crippen molar-refractivity contribution in [3.63, 3.8) is 0 Å². The van der Waals surface area contributed by atoms with Gasteiger partial charge in [0.25, 0.3) is 0 Å². The number of anilines is 5. The first kappa shape index (κ1) is 23.1. The Labute approximate surface area is 191 Å². The van der Waals surface area contributed by atoms with Crippen molar-refractivity contribution in [3.8, 4) is 0 Å². The first-order valence-corrected chi connectivity index (χ1v) is 11.6. The van der Waals surface area contributed by atoms with Crippen molar-refractivity contribution in [2.75, 3.05) is 29.5 Å². The van der Waals surface area contributed by atoms with Crippen LogP contribution in [0.25, 0.3) is 0 Å². The predicted octanol–water partition coefficient (Wildman–Crippen LogP) is 4.88. The summed E-state index contributed by atoms with van der Waals surface area (Å²) in [5.41, 5.74) is 7.74. The molecular formula is C20H22Cl2N6O2S. The highest BCUT2D eigenvalue weighted by atomic mass is 35.5. The van der Waals surface area contributed by atoms with E-state index < -0.39 is 10.0 Å². The van der Waals surface area contributed by atoms with Gasteiger partial charge in [-0.1, -0.05) is 37.0 Å². The average Bonchev–Trinajstić information content (AvgIpc) is 2.71. The summed E-state index contributed by atoms with van der Waals surface area (Å²) in [7, 11) is -3.52. The number of nitrogens with one attached hydrogen (secondary N) is 2. The maximum Gasteiger partial charge on any atom is 0.243 e. The monoisotopic (exact) mass is 480 g/mol. The maximum atomic E-state index is 12.6. The van der Waals surface area contributed by atoms with E-state index in [0.29, 0.717) is 46.1 Å². The molecule has 0 radical (unpaired) electrons. The summed E-state index contributed by atoms with van der Waals surface area (Å²) in [6.45, 7) is 4.42. The number of aromatic nitrogens is 2. The zero-order chi connectivity index (χ0) is 22.6. The van der Waals surface area contributed by atoms with Crippen LogP contribution in [-0.2, 0) is 10.0 Å². The van der Waals surface area contributed by atoms with Crippen molar-refractivity contribution in [3.05, 3.63) is 58.8 Å². The van der Waals surface area contributed by atoms with Crippen molar-refractivity contribution >= 4 is 61.9 Å². The molecule has 8 nitrogen and oxygen atoms in total. The van der Waals surface area contributed by atoms with Gasteiger partial charge in [-0.05, 0) is 42.5 Å². The number of halogens is 2. The molecule has 0 amide bonds. The number of hydrogen-bond donors (Lipinski definition) is 3. The maximum absolute atomic E-state index is 12.6. The van der Waals surface area contributed by atoms with E-state index >= 15 is 0 Å². The molecule has 0 fully saturated rings. The number of hydrogen-bond acceptors (Lipinski definition) is 7. The van der Waals surface area contributed by atoms with E-state index in [4.69, 9.17) is 28.9 Å². The molecule has 0 aliphatic heterocycles. The van der Waals surface area contributed by atoms with Crippen molar-refractivity contribution in [1.82, 2.24) is 14.3 Å². The van der Waals surface area contributed by atoms with Crippen LogP contribution in [0, 0.1) is 0 Å². The summed E-state index contributed by atoms with van der Waals surface area (Å²) in [6.07, 6.45) is 1.35. The molecule has 3 rings (SSSR count). The lowest BCUT2D eigenvalue weighted by Gasteiger charge is -2.18. The fraction of sp³-hybridized carbons (Fsp3) is 0.200. The topological polar surface area (TPSA) is 113 Å². The Morgan fingerprint density at radius 3 is 1.94 bits per heavy atom. The second kappa shape index (κ2) is 9.69. The van der Waals surface area contributed by atoms with Crippen LogP contribution in [0.4, 0.5) is 28.7 Å². The van der Waals surface area contributed by atoms with Gasteiger partial charge in [0.05, 0.1) is 4.90 Å².